The summed E-state index contributed by atoms with van der Waals surface area (Å²) in [6.07, 6.45) is 4.79. The lowest BCUT2D eigenvalue weighted by Gasteiger charge is -2.32. The molecule has 2 aliphatic rings. The average Bonchev–Trinajstić information content (AvgIpc) is 2.80. The second-order valence-corrected chi connectivity index (χ2v) is 8.27. The van der Waals surface area contributed by atoms with E-state index in [1.807, 2.05) is 35.2 Å². The normalized spacial score (nSPS) is 18.9. The summed E-state index contributed by atoms with van der Waals surface area (Å²) in [5, 5.41) is 3.19. The summed E-state index contributed by atoms with van der Waals surface area (Å²) in [4.78, 5) is 26.5. The summed E-state index contributed by atoms with van der Waals surface area (Å²) < 4.78 is 11.0. The third-order valence-electron chi connectivity index (χ3n) is 6.16. The Hall–Kier alpha value is -2.86. The summed E-state index contributed by atoms with van der Waals surface area (Å²) in [6.45, 7) is 1.48. The Balaban J connectivity index is 1.30. The molecule has 0 saturated carbocycles. The van der Waals surface area contributed by atoms with Crippen LogP contribution in [0.4, 0.5) is 0 Å². The Labute approximate surface area is 183 Å². The molecule has 6 nitrogen and oxygen atoms in total. The molecule has 2 aromatic carbocycles. The highest BCUT2D eigenvalue weighted by atomic mass is 16.5. The molecule has 1 aliphatic carbocycles. The maximum atomic E-state index is 12.8. The second kappa shape index (κ2) is 9.96. The zero-order valence-electron chi connectivity index (χ0n) is 18.0. The number of likely N-dealkylation sites (tertiary alicyclic amines) is 1. The molecule has 0 bridgehead atoms. The molecule has 0 radical (unpaired) electrons. The van der Waals surface area contributed by atoms with Crippen molar-refractivity contribution in [3.05, 3.63) is 65.2 Å². The number of rotatable bonds is 6. The van der Waals surface area contributed by atoms with E-state index in [1.165, 1.54) is 18.2 Å². The number of hydrogen-bond acceptors (Lipinski definition) is 4. The van der Waals surface area contributed by atoms with E-state index in [2.05, 4.69) is 23.5 Å². The number of nitrogens with one attached hydrogen (secondary N) is 1. The first-order chi connectivity index (χ1) is 15.1. The van der Waals surface area contributed by atoms with Crippen molar-refractivity contribution in [3.63, 3.8) is 0 Å². The lowest BCUT2D eigenvalue weighted by molar-refractivity contribution is -0.136. The average molecular weight is 423 g/mol. The number of methoxy groups -OCH3 is 1. The van der Waals surface area contributed by atoms with Gasteiger partial charge in [-0.15, -0.1) is 0 Å². The maximum absolute atomic E-state index is 12.8. The van der Waals surface area contributed by atoms with Gasteiger partial charge in [-0.2, -0.15) is 0 Å². The Morgan fingerprint density at radius 1 is 1.03 bits per heavy atom. The van der Waals surface area contributed by atoms with E-state index in [-0.39, 0.29) is 30.6 Å². The molecule has 1 heterocycles. The lowest BCUT2D eigenvalue weighted by atomic mass is 9.87. The minimum Gasteiger partial charge on any atom is -0.490 e. The van der Waals surface area contributed by atoms with Gasteiger partial charge in [0.15, 0.2) is 0 Å². The molecule has 31 heavy (non-hydrogen) atoms. The lowest BCUT2D eigenvalue weighted by Crippen LogP contribution is -2.43. The second-order valence-electron chi connectivity index (χ2n) is 8.27. The minimum absolute atomic E-state index is 0.0249. The van der Waals surface area contributed by atoms with Crippen molar-refractivity contribution in [2.24, 2.45) is 0 Å². The van der Waals surface area contributed by atoms with Crippen LogP contribution in [0.3, 0.4) is 0 Å². The molecule has 6 heteroatoms. The number of piperidine rings is 1. The van der Waals surface area contributed by atoms with Crippen LogP contribution < -0.4 is 10.1 Å². The molecule has 1 fully saturated rings. The fraction of sp³-hybridized carbons (Fsp3) is 0.440. The Kier molecular flexibility index (Phi) is 6.87. The molecule has 2 amide bonds. The Bertz CT molecular complexity index is 904. The van der Waals surface area contributed by atoms with Gasteiger partial charge in [0.05, 0.1) is 6.04 Å². The highest BCUT2D eigenvalue weighted by Gasteiger charge is 2.24. The van der Waals surface area contributed by atoms with Crippen LogP contribution in [0.25, 0.3) is 0 Å². The predicted molar refractivity (Wildman–Crippen MR) is 118 cm³/mol. The smallest absolute Gasteiger partial charge is 0.251 e. The van der Waals surface area contributed by atoms with E-state index in [0.717, 1.165) is 37.9 Å². The van der Waals surface area contributed by atoms with Gasteiger partial charge in [0.25, 0.3) is 5.91 Å². The summed E-state index contributed by atoms with van der Waals surface area (Å²) in [7, 11) is 1.53. The highest BCUT2D eigenvalue weighted by molar-refractivity contribution is 5.94. The van der Waals surface area contributed by atoms with Crippen LogP contribution in [-0.4, -0.2) is 49.6 Å². The van der Waals surface area contributed by atoms with Crippen LogP contribution >= 0.6 is 0 Å². The van der Waals surface area contributed by atoms with Crippen molar-refractivity contribution in [3.8, 4) is 5.75 Å². The summed E-state index contributed by atoms with van der Waals surface area (Å²) >= 11 is 0. The van der Waals surface area contributed by atoms with E-state index in [4.69, 9.17) is 9.47 Å². The van der Waals surface area contributed by atoms with Gasteiger partial charge in [0.2, 0.25) is 5.91 Å². The van der Waals surface area contributed by atoms with Crippen LogP contribution in [0.1, 0.15) is 53.2 Å². The first-order valence-electron chi connectivity index (χ1n) is 11.1. The van der Waals surface area contributed by atoms with Crippen molar-refractivity contribution < 1.29 is 19.1 Å². The molecule has 1 atom stereocenters. The van der Waals surface area contributed by atoms with Gasteiger partial charge in [0.1, 0.15) is 18.5 Å². The maximum Gasteiger partial charge on any atom is 0.251 e. The fourth-order valence-electron chi connectivity index (χ4n) is 4.46. The van der Waals surface area contributed by atoms with E-state index in [9.17, 15) is 9.59 Å². The summed E-state index contributed by atoms with van der Waals surface area (Å²) in [5.41, 5.74) is 3.20. The zero-order chi connectivity index (χ0) is 21.6. The molecule has 0 spiro atoms. The minimum atomic E-state index is -0.0572. The molecular weight excluding hydrogens is 392 g/mol. The number of fused-ring (bicyclic) bond motifs is 1. The number of carbonyl (C=O) groups excluding carboxylic acids is 2. The van der Waals surface area contributed by atoms with Gasteiger partial charge in [-0.3, -0.25) is 9.59 Å². The van der Waals surface area contributed by atoms with Crippen LogP contribution in [0.15, 0.2) is 48.5 Å². The standard InChI is InChI=1S/C25H30N2O4/c1-30-17-24(28)27-15-13-21(14-16-27)31-20-11-9-19(10-12-20)25(29)26-23-8-4-6-18-5-2-3-7-22(18)23/h2-3,5,7,9-12,21,23H,4,6,8,13-17H2,1H3,(H,26,29). The number of hydrogen-bond donors (Lipinski definition) is 1. The molecule has 1 aliphatic heterocycles. The van der Waals surface area contributed by atoms with Crippen molar-refractivity contribution in [2.45, 2.75) is 44.2 Å². The van der Waals surface area contributed by atoms with E-state index >= 15 is 0 Å². The van der Waals surface area contributed by atoms with Gasteiger partial charge in [-0.25, -0.2) is 0 Å². The van der Waals surface area contributed by atoms with Crippen molar-refractivity contribution in [1.29, 1.82) is 0 Å². The molecular formula is C25H30N2O4. The van der Waals surface area contributed by atoms with Gasteiger partial charge < -0.3 is 19.7 Å². The SMILES string of the molecule is COCC(=O)N1CCC(Oc2ccc(C(=O)NC3CCCc4ccccc43)cc2)CC1. The first kappa shape index (κ1) is 21.4. The number of ether oxygens (including phenoxy) is 2. The number of aryl methyl sites for hydroxylation is 1. The zero-order valence-corrected chi connectivity index (χ0v) is 18.0. The highest BCUT2D eigenvalue weighted by Crippen LogP contribution is 2.29. The molecule has 0 aromatic heterocycles. The van der Waals surface area contributed by atoms with Crippen molar-refractivity contribution >= 4 is 11.8 Å². The number of benzene rings is 2. The van der Waals surface area contributed by atoms with Crippen molar-refractivity contribution in [2.75, 3.05) is 26.8 Å². The number of carbonyl (C=O) groups is 2. The fourth-order valence-corrected chi connectivity index (χ4v) is 4.46. The van der Waals surface area contributed by atoms with Gasteiger partial charge in [0, 0.05) is 38.6 Å². The van der Waals surface area contributed by atoms with Gasteiger partial charge >= 0.3 is 0 Å². The van der Waals surface area contributed by atoms with Crippen molar-refractivity contribution in [1.82, 2.24) is 10.2 Å². The topological polar surface area (TPSA) is 67.9 Å². The largest absolute Gasteiger partial charge is 0.490 e. The van der Waals surface area contributed by atoms with Gasteiger partial charge in [-0.05, 0) is 54.7 Å². The predicted octanol–water partition coefficient (Wildman–Crippen LogP) is 3.51. The molecule has 4 rings (SSSR count). The van der Waals surface area contributed by atoms with E-state index in [1.54, 1.807) is 0 Å². The number of nitrogens with zero attached hydrogens (tertiary/aromatic N) is 1. The number of amides is 2. The van der Waals surface area contributed by atoms with Crippen LogP contribution in [0.5, 0.6) is 5.75 Å². The summed E-state index contributed by atoms with van der Waals surface area (Å²) in [6, 6.07) is 15.8. The van der Waals surface area contributed by atoms with E-state index < -0.39 is 0 Å². The molecule has 1 saturated heterocycles. The molecule has 164 valence electrons. The third kappa shape index (κ3) is 5.25. The molecule has 2 aromatic rings. The molecule has 1 N–H and O–H groups in total. The van der Waals surface area contributed by atoms with Crippen LogP contribution in [0.2, 0.25) is 0 Å². The Morgan fingerprint density at radius 3 is 2.52 bits per heavy atom. The quantitative estimate of drug-likeness (QED) is 0.774. The molecule has 1 unspecified atom stereocenters. The van der Waals surface area contributed by atoms with Crippen LogP contribution in [-0.2, 0) is 16.0 Å². The van der Waals surface area contributed by atoms with E-state index in [0.29, 0.717) is 18.7 Å². The monoisotopic (exact) mass is 422 g/mol. The van der Waals surface area contributed by atoms with Gasteiger partial charge in [-0.1, -0.05) is 24.3 Å². The Morgan fingerprint density at radius 2 is 1.77 bits per heavy atom. The van der Waals surface area contributed by atoms with Crippen LogP contribution in [0, 0.1) is 0 Å². The summed E-state index contributed by atoms with van der Waals surface area (Å²) in [5.74, 6) is 0.719. The first-order valence-corrected chi connectivity index (χ1v) is 11.1. The third-order valence-corrected chi connectivity index (χ3v) is 6.16.